The summed E-state index contributed by atoms with van der Waals surface area (Å²) in [6.45, 7) is 3.64. The summed E-state index contributed by atoms with van der Waals surface area (Å²) in [5.41, 5.74) is 8.64. The van der Waals surface area contributed by atoms with Crippen molar-refractivity contribution in [2.24, 2.45) is 0 Å². The molecule has 2 aromatic heterocycles. The van der Waals surface area contributed by atoms with Gasteiger partial charge in [0, 0.05) is 6.20 Å². The van der Waals surface area contributed by atoms with Crippen LogP contribution in [0.15, 0.2) is 19.1 Å². The van der Waals surface area contributed by atoms with Gasteiger partial charge in [0.1, 0.15) is 11.8 Å². The van der Waals surface area contributed by atoms with E-state index in [1.165, 1.54) is 6.33 Å². The molecule has 0 radical (unpaired) electrons. The fraction of sp³-hybridized carbons (Fsp3) is 0. The van der Waals surface area contributed by atoms with Crippen LogP contribution < -0.4 is 5.73 Å². The van der Waals surface area contributed by atoms with Gasteiger partial charge in [-0.25, -0.2) is 9.97 Å². The highest BCUT2D eigenvalue weighted by molar-refractivity contribution is 5.91. The van der Waals surface area contributed by atoms with E-state index in [0.717, 1.165) is 16.7 Å². The van der Waals surface area contributed by atoms with Crippen molar-refractivity contribution in [1.29, 1.82) is 0 Å². The highest BCUT2D eigenvalue weighted by Crippen LogP contribution is 2.19. The Hall–Kier alpha value is -1.84. The lowest BCUT2D eigenvalue weighted by Crippen LogP contribution is -1.87. The second-order valence-corrected chi connectivity index (χ2v) is 2.43. The summed E-state index contributed by atoms with van der Waals surface area (Å²) in [4.78, 5) is 11.0. The van der Waals surface area contributed by atoms with Gasteiger partial charge < -0.3 is 10.7 Å². The summed E-state index contributed by atoms with van der Waals surface area (Å²) in [6, 6.07) is 0. The summed E-state index contributed by atoms with van der Waals surface area (Å²) in [5, 5.41) is 0. The molecule has 4 nitrogen and oxygen atoms in total. The second-order valence-electron chi connectivity index (χ2n) is 2.43. The minimum absolute atomic E-state index is 0.635. The highest BCUT2D eigenvalue weighted by atomic mass is 14.9. The van der Waals surface area contributed by atoms with E-state index in [2.05, 4.69) is 21.5 Å². The van der Waals surface area contributed by atoms with Crippen molar-refractivity contribution in [3.8, 4) is 0 Å². The van der Waals surface area contributed by atoms with Gasteiger partial charge in [-0.3, -0.25) is 0 Å². The number of anilines is 1. The maximum Gasteiger partial charge on any atom is 0.117 e. The Bertz CT molecular complexity index is 430. The number of nitrogen functional groups attached to an aromatic ring is 1. The number of hydrogen-bond donors (Lipinski definition) is 2. The Morgan fingerprint density at radius 2 is 2.33 bits per heavy atom. The Morgan fingerprint density at radius 3 is 3.08 bits per heavy atom. The predicted molar refractivity (Wildman–Crippen MR) is 48.4 cm³/mol. The normalized spacial score (nSPS) is 10.3. The molecular weight excluding hydrogens is 152 g/mol. The zero-order valence-electron chi connectivity index (χ0n) is 6.41. The second kappa shape index (κ2) is 2.34. The number of nitrogens with zero attached hydrogens (tertiary/aromatic N) is 2. The first kappa shape index (κ1) is 6.84. The van der Waals surface area contributed by atoms with Crippen molar-refractivity contribution in [3.63, 3.8) is 0 Å². The lowest BCUT2D eigenvalue weighted by Gasteiger charge is -1.93. The molecule has 0 spiro atoms. The van der Waals surface area contributed by atoms with Crippen molar-refractivity contribution >= 4 is 22.8 Å². The maximum atomic E-state index is 5.64. The molecular formula is C8H8N4. The third-order valence-electron chi connectivity index (χ3n) is 1.72. The van der Waals surface area contributed by atoms with Crippen molar-refractivity contribution in [2.45, 2.75) is 0 Å². The van der Waals surface area contributed by atoms with Crippen LogP contribution in [0, 0.1) is 0 Å². The van der Waals surface area contributed by atoms with E-state index in [1.807, 2.05) is 0 Å². The van der Waals surface area contributed by atoms with Gasteiger partial charge in [0.05, 0.1) is 16.9 Å². The lowest BCUT2D eigenvalue weighted by atomic mass is 10.3. The van der Waals surface area contributed by atoms with Crippen molar-refractivity contribution in [3.05, 3.63) is 24.8 Å². The van der Waals surface area contributed by atoms with Crippen molar-refractivity contribution in [1.82, 2.24) is 15.0 Å². The van der Waals surface area contributed by atoms with Crippen LogP contribution in [0.25, 0.3) is 17.1 Å². The third-order valence-corrected chi connectivity index (χ3v) is 1.72. The fourth-order valence-corrected chi connectivity index (χ4v) is 1.13. The van der Waals surface area contributed by atoms with Crippen LogP contribution in [-0.4, -0.2) is 15.0 Å². The molecule has 2 aromatic rings. The molecule has 60 valence electrons. The number of nitrogens with one attached hydrogen (secondary N) is 1. The monoisotopic (exact) mass is 160 g/mol. The number of H-pyrrole nitrogens is 1. The number of nitrogens with two attached hydrogens (primary N) is 1. The number of hydrogen-bond acceptors (Lipinski definition) is 3. The summed E-state index contributed by atoms with van der Waals surface area (Å²) in [5.74, 6) is 0. The average Bonchev–Trinajstić information content (AvgIpc) is 2.48. The summed E-state index contributed by atoms with van der Waals surface area (Å²) >= 11 is 0. The Kier molecular flexibility index (Phi) is 1.33. The first-order chi connectivity index (χ1) is 5.83. The molecule has 12 heavy (non-hydrogen) atoms. The minimum atomic E-state index is 0.635. The van der Waals surface area contributed by atoms with Gasteiger partial charge in [0.25, 0.3) is 0 Å². The molecule has 2 heterocycles. The predicted octanol–water partition coefficient (Wildman–Crippen LogP) is 1.18. The molecule has 0 fully saturated rings. The molecule has 0 atom stereocenters. The first-order valence-electron chi connectivity index (χ1n) is 3.53. The number of fused-ring (bicyclic) bond motifs is 1. The summed E-state index contributed by atoms with van der Waals surface area (Å²) in [6.07, 6.45) is 4.84. The van der Waals surface area contributed by atoms with Crippen LogP contribution in [0.5, 0.6) is 0 Å². The molecule has 0 unspecified atom stereocenters. The molecule has 0 aliphatic carbocycles. The van der Waals surface area contributed by atoms with Crippen LogP contribution in [-0.2, 0) is 0 Å². The van der Waals surface area contributed by atoms with Crippen molar-refractivity contribution in [2.75, 3.05) is 5.73 Å². The van der Waals surface area contributed by atoms with Gasteiger partial charge in [0.2, 0.25) is 0 Å². The van der Waals surface area contributed by atoms with Crippen LogP contribution in [0.1, 0.15) is 5.69 Å². The van der Waals surface area contributed by atoms with Gasteiger partial charge in [-0.15, -0.1) is 0 Å². The number of aromatic nitrogens is 3. The van der Waals surface area contributed by atoms with Crippen LogP contribution in [0.3, 0.4) is 0 Å². The van der Waals surface area contributed by atoms with E-state index >= 15 is 0 Å². The van der Waals surface area contributed by atoms with E-state index in [1.54, 1.807) is 12.3 Å². The summed E-state index contributed by atoms with van der Waals surface area (Å²) < 4.78 is 0. The minimum Gasteiger partial charge on any atom is -0.396 e. The van der Waals surface area contributed by atoms with E-state index in [4.69, 9.17) is 5.73 Å². The Morgan fingerprint density at radius 1 is 1.50 bits per heavy atom. The topological polar surface area (TPSA) is 67.6 Å². The Labute approximate surface area is 69.1 Å². The van der Waals surface area contributed by atoms with E-state index in [-0.39, 0.29) is 0 Å². The van der Waals surface area contributed by atoms with Crippen LogP contribution >= 0.6 is 0 Å². The molecule has 2 rings (SSSR count). The molecule has 4 heteroatoms. The first-order valence-corrected chi connectivity index (χ1v) is 3.53. The molecule has 0 bridgehead atoms. The smallest absolute Gasteiger partial charge is 0.117 e. The van der Waals surface area contributed by atoms with E-state index < -0.39 is 0 Å². The quantitative estimate of drug-likeness (QED) is 0.658. The zero-order valence-corrected chi connectivity index (χ0v) is 6.41. The SMILES string of the molecule is C=Cc1ncnc2c(N)c[nH]c12. The number of aromatic amines is 1. The largest absolute Gasteiger partial charge is 0.396 e. The zero-order chi connectivity index (χ0) is 8.55. The molecule has 0 aliphatic heterocycles. The number of rotatable bonds is 1. The lowest BCUT2D eigenvalue weighted by molar-refractivity contribution is 1.20. The third kappa shape index (κ3) is 0.780. The molecule has 0 saturated heterocycles. The van der Waals surface area contributed by atoms with E-state index in [9.17, 15) is 0 Å². The van der Waals surface area contributed by atoms with Gasteiger partial charge in [-0.2, -0.15) is 0 Å². The van der Waals surface area contributed by atoms with Gasteiger partial charge in [0.15, 0.2) is 0 Å². The average molecular weight is 160 g/mol. The molecule has 0 saturated carbocycles. The molecule has 0 aromatic carbocycles. The highest BCUT2D eigenvalue weighted by Gasteiger charge is 2.04. The summed E-state index contributed by atoms with van der Waals surface area (Å²) in [7, 11) is 0. The molecule has 0 aliphatic rings. The van der Waals surface area contributed by atoms with Gasteiger partial charge in [-0.05, 0) is 6.08 Å². The fourth-order valence-electron chi connectivity index (χ4n) is 1.13. The maximum absolute atomic E-state index is 5.64. The standard InChI is InChI=1S/C8H8N4/c1-2-6-8-7(12-4-11-6)5(9)3-10-8/h2-4,10H,1,9H2. The Balaban J connectivity index is 2.89. The van der Waals surface area contributed by atoms with Gasteiger partial charge in [-0.1, -0.05) is 6.58 Å². The molecule has 3 N–H and O–H groups in total. The van der Waals surface area contributed by atoms with Gasteiger partial charge >= 0.3 is 0 Å². The van der Waals surface area contributed by atoms with Crippen LogP contribution in [0.2, 0.25) is 0 Å². The van der Waals surface area contributed by atoms with Crippen molar-refractivity contribution < 1.29 is 0 Å². The molecule has 0 amide bonds. The van der Waals surface area contributed by atoms with E-state index in [0.29, 0.717) is 5.69 Å². The van der Waals surface area contributed by atoms with Crippen LogP contribution in [0.4, 0.5) is 5.69 Å².